The Labute approximate surface area is 149 Å². The van der Waals surface area contributed by atoms with E-state index in [2.05, 4.69) is 17.6 Å². The molecule has 7 heteroatoms. The SMILES string of the molecule is COCCOc1cc(NC(=O)[C@H]2CCN[C@@H](C)C2)ccc1OC.Cl. The molecule has 24 heavy (non-hydrogen) atoms. The van der Waals surface area contributed by atoms with E-state index in [1.165, 1.54) is 0 Å². The van der Waals surface area contributed by atoms with Crippen molar-refractivity contribution in [3.63, 3.8) is 0 Å². The van der Waals surface area contributed by atoms with E-state index in [4.69, 9.17) is 14.2 Å². The van der Waals surface area contributed by atoms with Gasteiger partial charge < -0.3 is 24.8 Å². The molecule has 0 unspecified atom stereocenters. The zero-order valence-corrected chi connectivity index (χ0v) is 15.3. The summed E-state index contributed by atoms with van der Waals surface area (Å²) in [6, 6.07) is 5.78. The normalized spacial score (nSPS) is 20.0. The van der Waals surface area contributed by atoms with Crippen molar-refractivity contribution < 1.29 is 19.0 Å². The average molecular weight is 359 g/mol. The summed E-state index contributed by atoms with van der Waals surface area (Å²) >= 11 is 0. The topological polar surface area (TPSA) is 68.8 Å². The standard InChI is InChI=1S/C17H26N2O4.ClH/c1-12-10-13(6-7-18-12)17(20)19-14-4-5-15(22-3)16(11-14)23-9-8-21-2;/h4-5,11-13,18H,6-10H2,1-3H3,(H,19,20);1H/t12-,13-;/m0./s1. The molecule has 0 saturated carbocycles. The molecular weight excluding hydrogens is 332 g/mol. The number of rotatable bonds is 7. The number of anilines is 1. The Morgan fingerprint density at radius 3 is 2.75 bits per heavy atom. The lowest BCUT2D eigenvalue weighted by Gasteiger charge is -2.27. The van der Waals surface area contributed by atoms with Gasteiger partial charge in [0.25, 0.3) is 0 Å². The summed E-state index contributed by atoms with van der Waals surface area (Å²) in [5.41, 5.74) is 0.717. The van der Waals surface area contributed by atoms with Crippen LogP contribution in [0.5, 0.6) is 11.5 Å². The summed E-state index contributed by atoms with van der Waals surface area (Å²) in [5, 5.41) is 6.34. The van der Waals surface area contributed by atoms with Gasteiger partial charge >= 0.3 is 0 Å². The molecular formula is C17H27ClN2O4. The van der Waals surface area contributed by atoms with Crippen LogP contribution in [0.1, 0.15) is 19.8 Å². The Kier molecular flexibility index (Phi) is 8.89. The van der Waals surface area contributed by atoms with Crippen LogP contribution in [0.3, 0.4) is 0 Å². The van der Waals surface area contributed by atoms with E-state index >= 15 is 0 Å². The van der Waals surface area contributed by atoms with Crippen LogP contribution in [0, 0.1) is 5.92 Å². The number of halogens is 1. The van der Waals surface area contributed by atoms with Crippen molar-refractivity contribution in [3.8, 4) is 11.5 Å². The van der Waals surface area contributed by atoms with Crippen LogP contribution in [0.15, 0.2) is 18.2 Å². The molecule has 6 nitrogen and oxygen atoms in total. The van der Waals surface area contributed by atoms with Crippen molar-refractivity contribution in [2.45, 2.75) is 25.8 Å². The first kappa shape index (κ1) is 20.5. The van der Waals surface area contributed by atoms with Gasteiger partial charge in [-0.2, -0.15) is 0 Å². The van der Waals surface area contributed by atoms with Crippen LogP contribution in [-0.2, 0) is 9.53 Å². The molecule has 0 bridgehead atoms. The molecule has 1 aromatic rings. The predicted octanol–water partition coefficient (Wildman–Crippen LogP) is 2.47. The minimum Gasteiger partial charge on any atom is -0.493 e. The Bertz CT molecular complexity index is 527. The number of hydrogen-bond acceptors (Lipinski definition) is 5. The van der Waals surface area contributed by atoms with E-state index in [-0.39, 0.29) is 24.2 Å². The molecule has 2 rings (SSSR count). The largest absolute Gasteiger partial charge is 0.493 e. The van der Waals surface area contributed by atoms with Gasteiger partial charge in [-0.15, -0.1) is 12.4 Å². The predicted molar refractivity (Wildman–Crippen MR) is 96.4 cm³/mol. The van der Waals surface area contributed by atoms with Crippen molar-refractivity contribution in [1.82, 2.24) is 5.32 Å². The van der Waals surface area contributed by atoms with Gasteiger partial charge in [0.15, 0.2) is 11.5 Å². The highest BCUT2D eigenvalue weighted by molar-refractivity contribution is 5.93. The zero-order valence-electron chi connectivity index (χ0n) is 14.5. The number of nitrogens with one attached hydrogen (secondary N) is 2. The van der Waals surface area contributed by atoms with Crippen LogP contribution in [0.2, 0.25) is 0 Å². The summed E-state index contributed by atoms with van der Waals surface area (Å²) < 4.78 is 15.9. The molecule has 136 valence electrons. The third-order valence-corrected chi connectivity index (χ3v) is 3.97. The second-order valence-electron chi connectivity index (χ2n) is 5.77. The number of amides is 1. The van der Waals surface area contributed by atoms with Crippen LogP contribution < -0.4 is 20.1 Å². The number of hydrogen-bond donors (Lipinski definition) is 2. The maximum absolute atomic E-state index is 12.4. The van der Waals surface area contributed by atoms with Gasteiger partial charge in [-0.3, -0.25) is 4.79 Å². The quantitative estimate of drug-likeness (QED) is 0.733. The fraction of sp³-hybridized carbons (Fsp3) is 0.588. The van der Waals surface area contributed by atoms with Crippen LogP contribution >= 0.6 is 12.4 Å². The number of benzene rings is 1. The molecule has 0 radical (unpaired) electrons. The number of ether oxygens (including phenoxy) is 3. The Hall–Kier alpha value is -1.50. The maximum Gasteiger partial charge on any atom is 0.227 e. The third-order valence-electron chi connectivity index (χ3n) is 3.97. The molecule has 1 heterocycles. The van der Waals surface area contributed by atoms with E-state index in [0.29, 0.717) is 30.8 Å². The highest BCUT2D eigenvalue weighted by Gasteiger charge is 2.24. The summed E-state index contributed by atoms with van der Waals surface area (Å²) in [4.78, 5) is 12.4. The van der Waals surface area contributed by atoms with E-state index in [0.717, 1.165) is 25.1 Å². The van der Waals surface area contributed by atoms with Gasteiger partial charge in [-0.25, -0.2) is 0 Å². The third kappa shape index (κ3) is 5.85. The Morgan fingerprint density at radius 2 is 2.08 bits per heavy atom. The molecule has 1 aromatic carbocycles. The monoisotopic (exact) mass is 358 g/mol. The number of carbonyl (C=O) groups excluding carboxylic acids is 1. The molecule has 1 fully saturated rings. The first-order valence-electron chi connectivity index (χ1n) is 7.98. The Morgan fingerprint density at radius 1 is 1.29 bits per heavy atom. The first-order chi connectivity index (χ1) is 11.1. The number of carbonyl (C=O) groups is 1. The molecule has 2 atom stereocenters. The summed E-state index contributed by atoms with van der Waals surface area (Å²) in [6.45, 7) is 3.91. The fourth-order valence-electron chi connectivity index (χ4n) is 2.72. The van der Waals surface area contributed by atoms with Gasteiger partial charge in [-0.1, -0.05) is 0 Å². The van der Waals surface area contributed by atoms with E-state index < -0.39 is 0 Å². The lowest BCUT2D eigenvalue weighted by molar-refractivity contribution is -0.120. The van der Waals surface area contributed by atoms with Crippen molar-refractivity contribution in [3.05, 3.63) is 18.2 Å². The fourth-order valence-corrected chi connectivity index (χ4v) is 2.72. The van der Waals surface area contributed by atoms with Gasteiger partial charge in [0.1, 0.15) is 6.61 Å². The van der Waals surface area contributed by atoms with E-state index in [1.807, 2.05) is 6.07 Å². The van der Waals surface area contributed by atoms with Crippen LogP contribution in [0.25, 0.3) is 0 Å². The van der Waals surface area contributed by atoms with Crippen molar-refractivity contribution in [1.29, 1.82) is 0 Å². The van der Waals surface area contributed by atoms with Gasteiger partial charge in [0.2, 0.25) is 5.91 Å². The molecule has 0 aliphatic carbocycles. The molecule has 1 saturated heterocycles. The lowest BCUT2D eigenvalue weighted by atomic mass is 9.92. The van der Waals surface area contributed by atoms with Crippen LogP contribution in [-0.4, -0.2) is 45.9 Å². The highest BCUT2D eigenvalue weighted by Crippen LogP contribution is 2.30. The molecule has 1 aliphatic heterocycles. The van der Waals surface area contributed by atoms with Gasteiger partial charge in [0.05, 0.1) is 13.7 Å². The smallest absolute Gasteiger partial charge is 0.227 e. The van der Waals surface area contributed by atoms with Crippen molar-refractivity contribution >= 4 is 24.0 Å². The second-order valence-corrected chi connectivity index (χ2v) is 5.77. The average Bonchev–Trinajstić information content (AvgIpc) is 2.55. The molecule has 1 amide bonds. The molecule has 0 aromatic heterocycles. The second kappa shape index (κ2) is 10.4. The summed E-state index contributed by atoms with van der Waals surface area (Å²) in [6.07, 6.45) is 1.72. The minimum atomic E-state index is 0. The molecule has 0 spiro atoms. The summed E-state index contributed by atoms with van der Waals surface area (Å²) in [5.74, 6) is 1.34. The lowest BCUT2D eigenvalue weighted by Crippen LogP contribution is -2.40. The zero-order chi connectivity index (χ0) is 16.7. The minimum absolute atomic E-state index is 0. The maximum atomic E-state index is 12.4. The van der Waals surface area contributed by atoms with Gasteiger partial charge in [-0.05, 0) is 38.4 Å². The van der Waals surface area contributed by atoms with Crippen molar-refractivity contribution in [2.75, 3.05) is 39.3 Å². The van der Waals surface area contributed by atoms with E-state index in [9.17, 15) is 4.79 Å². The summed E-state index contributed by atoms with van der Waals surface area (Å²) in [7, 11) is 3.21. The molecule has 2 N–H and O–H groups in total. The van der Waals surface area contributed by atoms with E-state index in [1.54, 1.807) is 26.4 Å². The Balaban J connectivity index is 0.00000288. The van der Waals surface area contributed by atoms with Crippen molar-refractivity contribution in [2.24, 2.45) is 5.92 Å². The highest BCUT2D eigenvalue weighted by atomic mass is 35.5. The van der Waals surface area contributed by atoms with Crippen LogP contribution in [0.4, 0.5) is 5.69 Å². The molecule has 1 aliphatic rings. The number of piperidine rings is 1. The van der Waals surface area contributed by atoms with Gasteiger partial charge in [0, 0.05) is 30.8 Å². The number of methoxy groups -OCH3 is 2. The first-order valence-corrected chi connectivity index (χ1v) is 7.98.